The third-order valence-electron chi connectivity index (χ3n) is 4.53. The van der Waals surface area contributed by atoms with Gasteiger partial charge in [0.1, 0.15) is 0 Å². The summed E-state index contributed by atoms with van der Waals surface area (Å²) in [6, 6.07) is 12.1. The number of aryl methyl sites for hydroxylation is 1. The first-order valence-corrected chi connectivity index (χ1v) is 10.4. The highest BCUT2D eigenvalue weighted by Crippen LogP contribution is 2.32. The van der Waals surface area contributed by atoms with Gasteiger partial charge in [-0.3, -0.25) is 4.72 Å². The average molecular weight is 379 g/mol. The van der Waals surface area contributed by atoms with Crippen molar-refractivity contribution >= 4 is 33.0 Å². The fraction of sp³-hybridized carbons (Fsp3) is 0.368. The smallest absolute Gasteiger partial charge is 0.261 e. The Morgan fingerprint density at radius 3 is 2.52 bits per heavy atom. The van der Waals surface area contributed by atoms with Crippen LogP contribution in [0.3, 0.4) is 0 Å². The number of nitrogens with zero attached hydrogens (tertiary/aromatic N) is 1. The predicted octanol–water partition coefficient (Wildman–Crippen LogP) is 4.69. The lowest BCUT2D eigenvalue weighted by atomic mass is 10.00. The molecule has 1 heterocycles. The van der Waals surface area contributed by atoms with Crippen LogP contribution in [0.5, 0.6) is 0 Å². The van der Waals surface area contributed by atoms with E-state index in [1.54, 1.807) is 36.4 Å². The maximum Gasteiger partial charge on any atom is 0.261 e. The van der Waals surface area contributed by atoms with E-state index in [1.165, 1.54) is 6.42 Å². The molecule has 25 heavy (non-hydrogen) atoms. The third kappa shape index (κ3) is 4.28. The van der Waals surface area contributed by atoms with E-state index in [0.717, 1.165) is 30.8 Å². The minimum Gasteiger partial charge on any atom is -0.370 e. The zero-order chi connectivity index (χ0) is 18.0. The summed E-state index contributed by atoms with van der Waals surface area (Å²) in [6.45, 7) is 6.13. The Kier molecular flexibility index (Phi) is 5.25. The number of halogens is 1. The maximum absolute atomic E-state index is 12.5. The van der Waals surface area contributed by atoms with Gasteiger partial charge < -0.3 is 4.90 Å². The van der Waals surface area contributed by atoms with E-state index in [9.17, 15) is 8.42 Å². The van der Waals surface area contributed by atoms with Crippen molar-refractivity contribution in [3.63, 3.8) is 0 Å². The predicted molar refractivity (Wildman–Crippen MR) is 104 cm³/mol. The zero-order valence-corrected chi connectivity index (χ0v) is 16.1. The Hall–Kier alpha value is -1.72. The van der Waals surface area contributed by atoms with Crippen LogP contribution >= 0.6 is 11.6 Å². The second-order valence-corrected chi connectivity index (χ2v) is 8.87. The molecular formula is C19H23ClN2O2S. The molecule has 1 fully saturated rings. The van der Waals surface area contributed by atoms with Gasteiger partial charge in [-0.2, -0.15) is 0 Å². The maximum atomic E-state index is 12.5. The highest BCUT2D eigenvalue weighted by atomic mass is 35.5. The SMILES string of the molecule is Cc1ccc(S(=O)(=O)Nc2ccc(N3CCCC(C)C3)c(Cl)c2)cc1. The van der Waals surface area contributed by atoms with Crippen LogP contribution in [0.1, 0.15) is 25.3 Å². The van der Waals surface area contributed by atoms with Crippen LogP contribution in [0, 0.1) is 12.8 Å². The topological polar surface area (TPSA) is 49.4 Å². The van der Waals surface area contributed by atoms with Gasteiger partial charge in [0.05, 0.1) is 21.3 Å². The van der Waals surface area contributed by atoms with Crippen molar-refractivity contribution in [3.8, 4) is 0 Å². The summed E-state index contributed by atoms with van der Waals surface area (Å²) < 4.78 is 27.6. The molecule has 1 saturated heterocycles. The lowest BCUT2D eigenvalue weighted by Crippen LogP contribution is -2.34. The summed E-state index contributed by atoms with van der Waals surface area (Å²) in [5.74, 6) is 0.643. The average Bonchev–Trinajstić information content (AvgIpc) is 2.55. The summed E-state index contributed by atoms with van der Waals surface area (Å²) in [7, 11) is -3.62. The lowest BCUT2D eigenvalue weighted by Gasteiger charge is -2.33. The zero-order valence-electron chi connectivity index (χ0n) is 14.5. The minimum absolute atomic E-state index is 0.239. The molecule has 3 rings (SSSR count). The number of sulfonamides is 1. The molecule has 6 heteroatoms. The van der Waals surface area contributed by atoms with Crippen LogP contribution in [-0.4, -0.2) is 21.5 Å². The molecule has 0 aromatic heterocycles. The van der Waals surface area contributed by atoms with Crippen LogP contribution in [0.15, 0.2) is 47.4 Å². The van der Waals surface area contributed by atoms with E-state index < -0.39 is 10.0 Å². The summed E-state index contributed by atoms with van der Waals surface area (Å²) in [6.07, 6.45) is 2.39. The van der Waals surface area contributed by atoms with E-state index in [0.29, 0.717) is 16.6 Å². The molecule has 1 unspecified atom stereocenters. The van der Waals surface area contributed by atoms with Gasteiger partial charge in [-0.1, -0.05) is 36.2 Å². The minimum atomic E-state index is -3.62. The Labute approximate surface area is 154 Å². The molecule has 1 atom stereocenters. The number of anilines is 2. The van der Waals surface area contributed by atoms with Gasteiger partial charge in [-0.25, -0.2) is 8.42 Å². The molecule has 1 aliphatic rings. The van der Waals surface area contributed by atoms with Crippen LogP contribution in [0.25, 0.3) is 0 Å². The number of nitrogens with one attached hydrogen (secondary N) is 1. The first-order chi connectivity index (χ1) is 11.8. The number of piperidine rings is 1. The quantitative estimate of drug-likeness (QED) is 0.839. The van der Waals surface area contributed by atoms with Crippen molar-refractivity contribution in [2.45, 2.75) is 31.6 Å². The molecule has 1 aliphatic heterocycles. The monoisotopic (exact) mass is 378 g/mol. The molecule has 0 amide bonds. The first-order valence-electron chi connectivity index (χ1n) is 8.49. The number of rotatable bonds is 4. The van der Waals surface area contributed by atoms with Crippen molar-refractivity contribution in [1.82, 2.24) is 0 Å². The number of benzene rings is 2. The number of hydrogen-bond acceptors (Lipinski definition) is 3. The standard InChI is InChI=1S/C19H23ClN2O2S/c1-14-5-8-17(9-6-14)25(23,24)21-16-7-10-19(18(20)12-16)22-11-3-4-15(2)13-22/h5-10,12,15,21H,3-4,11,13H2,1-2H3. The van der Waals surface area contributed by atoms with Crippen molar-refractivity contribution in [1.29, 1.82) is 0 Å². The molecule has 0 bridgehead atoms. The van der Waals surface area contributed by atoms with Crippen molar-refractivity contribution < 1.29 is 8.42 Å². The second-order valence-electron chi connectivity index (χ2n) is 6.78. The fourth-order valence-electron chi connectivity index (χ4n) is 3.17. The Morgan fingerprint density at radius 2 is 1.88 bits per heavy atom. The Balaban J connectivity index is 1.79. The molecule has 2 aromatic carbocycles. The van der Waals surface area contributed by atoms with E-state index in [1.807, 2.05) is 13.0 Å². The van der Waals surface area contributed by atoms with Crippen LogP contribution < -0.4 is 9.62 Å². The normalized spacial score (nSPS) is 18.2. The first kappa shape index (κ1) is 18.1. The van der Waals surface area contributed by atoms with Gasteiger partial charge >= 0.3 is 0 Å². The van der Waals surface area contributed by atoms with Crippen LogP contribution in [-0.2, 0) is 10.0 Å². The van der Waals surface area contributed by atoms with Crippen molar-refractivity contribution in [2.24, 2.45) is 5.92 Å². The van der Waals surface area contributed by atoms with Gasteiger partial charge in [0.2, 0.25) is 0 Å². The van der Waals surface area contributed by atoms with E-state index in [-0.39, 0.29) is 4.90 Å². The molecule has 2 aromatic rings. The fourth-order valence-corrected chi connectivity index (χ4v) is 4.52. The Bertz CT molecular complexity index is 850. The molecule has 0 saturated carbocycles. The van der Waals surface area contributed by atoms with E-state index >= 15 is 0 Å². The van der Waals surface area contributed by atoms with Gasteiger partial charge in [-0.05, 0) is 56.0 Å². The van der Waals surface area contributed by atoms with Crippen molar-refractivity contribution in [2.75, 3.05) is 22.7 Å². The molecule has 0 radical (unpaired) electrons. The molecule has 0 aliphatic carbocycles. The second kappa shape index (κ2) is 7.26. The highest BCUT2D eigenvalue weighted by molar-refractivity contribution is 7.92. The van der Waals surface area contributed by atoms with Crippen LogP contribution in [0.2, 0.25) is 5.02 Å². The molecule has 134 valence electrons. The lowest BCUT2D eigenvalue weighted by molar-refractivity contribution is 0.447. The van der Waals surface area contributed by atoms with Gasteiger partial charge in [0.25, 0.3) is 10.0 Å². The van der Waals surface area contributed by atoms with E-state index in [4.69, 9.17) is 11.6 Å². The van der Waals surface area contributed by atoms with Gasteiger partial charge in [0, 0.05) is 13.1 Å². The molecule has 4 nitrogen and oxygen atoms in total. The van der Waals surface area contributed by atoms with Gasteiger partial charge in [0.15, 0.2) is 0 Å². The summed E-state index contributed by atoms with van der Waals surface area (Å²) in [5.41, 5.74) is 2.45. The highest BCUT2D eigenvalue weighted by Gasteiger charge is 2.20. The number of hydrogen-bond donors (Lipinski definition) is 1. The summed E-state index contributed by atoms with van der Waals surface area (Å²) in [5, 5.41) is 0.568. The Morgan fingerprint density at radius 1 is 1.16 bits per heavy atom. The van der Waals surface area contributed by atoms with Crippen molar-refractivity contribution in [3.05, 3.63) is 53.1 Å². The molecule has 1 N–H and O–H groups in total. The third-order valence-corrected chi connectivity index (χ3v) is 6.23. The summed E-state index contributed by atoms with van der Waals surface area (Å²) in [4.78, 5) is 2.51. The summed E-state index contributed by atoms with van der Waals surface area (Å²) >= 11 is 6.43. The van der Waals surface area contributed by atoms with Crippen LogP contribution in [0.4, 0.5) is 11.4 Å². The molecule has 0 spiro atoms. The molecular weight excluding hydrogens is 356 g/mol. The largest absolute Gasteiger partial charge is 0.370 e. The van der Waals surface area contributed by atoms with Gasteiger partial charge in [-0.15, -0.1) is 0 Å². The van der Waals surface area contributed by atoms with E-state index in [2.05, 4.69) is 16.5 Å².